The Labute approximate surface area is 172 Å². The number of fused-ring (bicyclic) bond motifs is 1. The Morgan fingerprint density at radius 1 is 1.10 bits per heavy atom. The van der Waals surface area contributed by atoms with E-state index in [1.165, 1.54) is 11.8 Å². The van der Waals surface area contributed by atoms with E-state index in [0.717, 1.165) is 40.2 Å². The molecule has 1 aromatic carbocycles. The summed E-state index contributed by atoms with van der Waals surface area (Å²) < 4.78 is 9.12. The van der Waals surface area contributed by atoms with Crippen molar-refractivity contribution in [1.82, 2.24) is 24.1 Å². The summed E-state index contributed by atoms with van der Waals surface area (Å²) in [5, 5.41) is 9.52. The van der Waals surface area contributed by atoms with Gasteiger partial charge < -0.3 is 9.30 Å². The third-order valence-electron chi connectivity index (χ3n) is 4.66. The van der Waals surface area contributed by atoms with Crippen LogP contribution in [0.3, 0.4) is 0 Å². The van der Waals surface area contributed by atoms with Crippen molar-refractivity contribution in [3.63, 3.8) is 0 Å². The third-order valence-corrected chi connectivity index (χ3v) is 5.66. The number of hydrogen-bond donors (Lipinski definition) is 0. The van der Waals surface area contributed by atoms with E-state index >= 15 is 0 Å². The number of aromatic nitrogens is 5. The largest absolute Gasteiger partial charge is 0.496 e. The number of thioether (sulfide) groups is 1. The molecule has 3 heterocycles. The molecular formula is C21H21N5O2S. The molecule has 0 aliphatic carbocycles. The molecule has 148 valence electrons. The SMILES string of the molecule is CCn1c(SCc2cc(=O)n3c(C)cccc3n2)nnc1-c1ccccc1OC. The molecule has 29 heavy (non-hydrogen) atoms. The summed E-state index contributed by atoms with van der Waals surface area (Å²) in [7, 11) is 1.65. The average molecular weight is 407 g/mol. The first-order chi connectivity index (χ1) is 14.1. The minimum Gasteiger partial charge on any atom is -0.496 e. The molecule has 0 aliphatic heterocycles. The zero-order valence-electron chi connectivity index (χ0n) is 16.5. The van der Waals surface area contributed by atoms with Crippen molar-refractivity contribution in [1.29, 1.82) is 0 Å². The number of ether oxygens (including phenoxy) is 1. The van der Waals surface area contributed by atoms with E-state index in [4.69, 9.17) is 4.74 Å². The van der Waals surface area contributed by atoms with Crippen LogP contribution >= 0.6 is 11.8 Å². The highest BCUT2D eigenvalue weighted by Crippen LogP contribution is 2.31. The van der Waals surface area contributed by atoms with Gasteiger partial charge in [0, 0.05) is 24.1 Å². The summed E-state index contributed by atoms with van der Waals surface area (Å²) in [6.45, 7) is 4.67. The molecule has 8 heteroatoms. The Morgan fingerprint density at radius 3 is 2.72 bits per heavy atom. The summed E-state index contributed by atoms with van der Waals surface area (Å²) >= 11 is 1.51. The molecule has 3 aromatic heterocycles. The van der Waals surface area contributed by atoms with Gasteiger partial charge in [-0.3, -0.25) is 9.20 Å². The topological polar surface area (TPSA) is 74.3 Å². The fraction of sp³-hybridized carbons (Fsp3) is 0.238. The Morgan fingerprint density at radius 2 is 1.93 bits per heavy atom. The number of nitrogens with zero attached hydrogens (tertiary/aromatic N) is 5. The van der Waals surface area contributed by atoms with Gasteiger partial charge in [0.05, 0.1) is 18.4 Å². The van der Waals surface area contributed by atoms with Crippen molar-refractivity contribution in [3.05, 3.63) is 70.3 Å². The van der Waals surface area contributed by atoms with Crippen LogP contribution in [0.1, 0.15) is 18.3 Å². The molecule has 0 amide bonds. The van der Waals surface area contributed by atoms with Crippen molar-refractivity contribution >= 4 is 17.4 Å². The maximum absolute atomic E-state index is 12.5. The molecule has 4 aromatic rings. The van der Waals surface area contributed by atoms with Crippen LogP contribution in [-0.2, 0) is 12.3 Å². The molecule has 4 rings (SSSR count). The van der Waals surface area contributed by atoms with Crippen molar-refractivity contribution < 1.29 is 4.74 Å². The molecule has 0 aliphatic rings. The van der Waals surface area contributed by atoms with Crippen molar-refractivity contribution in [3.8, 4) is 17.1 Å². The summed E-state index contributed by atoms with van der Waals surface area (Å²) in [4.78, 5) is 17.1. The number of rotatable bonds is 6. The first kappa shape index (κ1) is 19.2. The highest BCUT2D eigenvalue weighted by atomic mass is 32.2. The lowest BCUT2D eigenvalue weighted by Gasteiger charge is -2.10. The zero-order valence-corrected chi connectivity index (χ0v) is 17.3. The van der Waals surface area contributed by atoms with E-state index in [0.29, 0.717) is 11.4 Å². The van der Waals surface area contributed by atoms with Crippen molar-refractivity contribution in [2.24, 2.45) is 0 Å². The van der Waals surface area contributed by atoms with Gasteiger partial charge in [0.1, 0.15) is 11.4 Å². The fourth-order valence-electron chi connectivity index (χ4n) is 3.29. The number of aryl methyl sites for hydroxylation is 1. The Balaban J connectivity index is 1.64. The van der Waals surface area contributed by atoms with Gasteiger partial charge in [0.15, 0.2) is 11.0 Å². The number of pyridine rings is 1. The van der Waals surface area contributed by atoms with Crippen LogP contribution in [0.5, 0.6) is 5.75 Å². The van der Waals surface area contributed by atoms with E-state index in [1.807, 2.05) is 54.0 Å². The maximum atomic E-state index is 12.5. The Bertz CT molecular complexity index is 1230. The van der Waals surface area contributed by atoms with Gasteiger partial charge in [-0.25, -0.2) is 4.98 Å². The molecule has 0 unspecified atom stereocenters. The Hall–Kier alpha value is -3.13. The van der Waals surface area contributed by atoms with Gasteiger partial charge in [0.25, 0.3) is 5.56 Å². The minimum absolute atomic E-state index is 0.0737. The predicted molar refractivity (Wildman–Crippen MR) is 113 cm³/mol. The van der Waals surface area contributed by atoms with E-state index in [1.54, 1.807) is 17.6 Å². The highest BCUT2D eigenvalue weighted by molar-refractivity contribution is 7.98. The van der Waals surface area contributed by atoms with Crippen LogP contribution in [0, 0.1) is 6.92 Å². The highest BCUT2D eigenvalue weighted by Gasteiger charge is 2.17. The second-order valence-electron chi connectivity index (χ2n) is 6.49. The summed E-state index contributed by atoms with van der Waals surface area (Å²) in [6, 6.07) is 15.0. The van der Waals surface area contributed by atoms with Crippen LogP contribution in [-0.4, -0.2) is 31.3 Å². The lowest BCUT2D eigenvalue weighted by molar-refractivity contribution is 0.416. The van der Waals surface area contributed by atoms with E-state index < -0.39 is 0 Å². The average Bonchev–Trinajstić information content (AvgIpc) is 3.14. The van der Waals surface area contributed by atoms with Crippen LogP contribution in [0.4, 0.5) is 0 Å². The molecule has 0 saturated heterocycles. The fourth-order valence-corrected chi connectivity index (χ4v) is 4.18. The standard InChI is InChI=1S/C21H21N5O2S/c1-4-25-20(16-9-5-6-10-17(16)28-3)23-24-21(25)29-13-15-12-19(27)26-14(2)8-7-11-18(26)22-15/h5-12H,4,13H2,1-3H3. The molecule has 0 fully saturated rings. The van der Waals surface area contributed by atoms with Crippen LogP contribution in [0.15, 0.2) is 58.5 Å². The van der Waals surface area contributed by atoms with E-state index in [-0.39, 0.29) is 5.56 Å². The molecule has 0 spiro atoms. The molecule has 0 atom stereocenters. The lowest BCUT2D eigenvalue weighted by atomic mass is 10.2. The van der Waals surface area contributed by atoms with Crippen molar-refractivity contribution in [2.45, 2.75) is 31.3 Å². The molecule has 0 N–H and O–H groups in total. The second kappa shape index (κ2) is 8.08. The monoisotopic (exact) mass is 407 g/mol. The van der Waals surface area contributed by atoms with Gasteiger partial charge >= 0.3 is 0 Å². The van der Waals surface area contributed by atoms with Gasteiger partial charge in [0.2, 0.25) is 0 Å². The lowest BCUT2D eigenvalue weighted by Crippen LogP contribution is -2.17. The smallest absolute Gasteiger partial charge is 0.258 e. The van der Waals surface area contributed by atoms with Gasteiger partial charge in [-0.05, 0) is 38.1 Å². The van der Waals surface area contributed by atoms with Crippen molar-refractivity contribution in [2.75, 3.05) is 7.11 Å². The summed E-state index contributed by atoms with van der Waals surface area (Å²) in [5.74, 6) is 2.05. The maximum Gasteiger partial charge on any atom is 0.258 e. The quantitative estimate of drug-likeness (QED) is 0.455. The van der Waals surface area contributed by atoms with Gasteiger partial charge in [-0.15, -0.1) is 10.2 Å². The van der Waals surface area contributed by atoms with Crippen LogP contribution < -0.4 is 10.3 Å². The van der Waals surface area contributed by atoms with Gasteiger partial charge in [-0.2, -0.15) is 0 Å². The van der Waals surface area contributed by atoms with Crippen LogP contribution in [0.25, 0.3) is 17.0 Å². The van der Waals surface area contributed by atoms with Crippen LogP contribution in [0.2, 0.25) is 0 Å². The zero-order chi connectivity index (χ0) is 20.4. The second-order valence-corrected chi connectivity index (χ2v) is 7.43. The third kappa shape index (κ3) is 3.63. The molecule has 0 radical (unpaired) electrons. The predicted octanol–water partition coefficient (Wildman–Crippen LogP) is 3.58. The first-order valence-corrected chi connectivity index (χ1v) is 10.3. The van der Waals surface area contributed by atoms with Gasteiger partial charge in [-0.1, -0.05) is 30.0 Å². The summed E-state index contributed by atoms with van der Waals surface area (Å²) in [6.07, 6.45) is 0. The summed E-state index contributed by atoms with van der Waals surface area (Å²) in [5.41, 5.74) is 3.06. The normalized spacial score (nSPS) is 11.1. The minimum atomic E-state index is -0.0737. The number of methoxy groups -OCH3 is 1. The molecule has 0 bridgehead atoms. The van der Waals surface area contributed by atoms with E-state index in [9.17, 15) is 4.79 Å². The first-order valence-electron chi connectivity index (χ1n) is 9.30. The number of hydrogen-bond acceptors (Lipinski definition) is 6. The molecule has 0 saturated carbocycles. The molecular weight excluding hydrogens is 386 g/mol. The number of benzene rings is 1. The Kier molecular flexibility index (Phi) is 5.35. The molecule has 7 nitrogen and oxygen atoms in total. The van der Waals surface area contributed by atoms with E-state index in [2.05, 4.69) is 22.1 Å². The number of para-hydroxylation sites is 1.